The van der Waals surface area contributed by atoms with Gasteiger partial charge in [-0.1, -0.05) is 30.3 Å². The smallest absolute Gasteiger partial charge is 0.0995 e. The first-order valence-corrected chi connectivity index (χ1v) is 9.40. The van der Waals surface area contributed by atoms with Crippen LogP contribution in [0.1, 0.15) is 11.3 Å². The van der Waals surface area contributed by atoms with Crippen molar-refractivity contribution in [2.45, 2.75) is 13.3 Å². The number of aromatic nitrogens is 2. The Balaban J connectivity index is 1.30. The van der Waals surface area contributed by atoms with E-state index < -0.39 is 0 Å². The Morgan fingerprint density at radius 3 is 2.19 bits per heavy atom. The van der Waals surface area contributed by atoms with Crippen LogP contribution in [0.3, 0.4) is 0 Å². The molecule has 26 heavy (non-hydrogen) atoms. The van der Waals surface area contributed by atoms with Crippen molar-refractivity contribution in [3.63, 3.8) is 0 Å². The second kappa shape index (κ2) is 7.75. The first-order valence-electron chi connectivity index (χ1n) is 9.40. The highest BCUT2D eigenvalue weighted by molar-refractivity contribution is 5.51. The molecule has 1 fully saturated rings. The third-order valence-electron chi connectivity index (χ3n) is 5.16. The maximum atomic E-state index is 4.30. The van der Waals surface area contributed by atoms with E-state index in [2.05, 4.69) is 80.1 Å². The largest absolute Gasteiger partial charge is 0.369 e. The molecule has 0 aliphatic carbocycles. The summed E-state index contributed by atoms with van der Waals surface area (Å²) in [6.45, 7) is 7.63. The summed E-state index contributed by atoms with van der Waals surface area (Å²) in [7, 11) is 0. The molecule has 4 nitrogen and oxygen atoms in total. The van der Waals surface area contributed by atoms with Crippen LogP contribution in [-0.4, -0.2) is 47.2 Å². The number of imidazole rings is 1. The third-order valence-corrected chi connectivity index (χ3v) is 5.16. The summed E-state index contributed by atoms with van der Waals surface area (Å²) in [4.78, 5) is 9.36. The van der Waals surface area contributed by atoms with E-state index in [1.54, 1.807) is 0 Å². The molecule has 1 aliphatic rings. The molecule has 4 rings (SSSR count). The van der Waals surface area contributed by atoms with Gasteiger partial charge in [-0.2, -0.15) is 0 Å². The van der Waals surface area contributed by atoms with Gasteiger partial charge >= 0.3 is 0 Å². The average Bonchev–Trinajstić information content (AvgIpc) is 3.14. The Morgan fingerprint density at radius 2 is 1.54 bits per heavy atom. The van der Waals surface area contributed by atoms with E-state index in [0.717, 1.165) is 50.5 Å². The minimum Gasteiger partial charge on any atom is -0.369 e. The van der Waals surface area contributed by atoms with E-state index >= 15 is 0 Å². The molecule has 1 saturated heterocycles. The van der Waals surface area contributed by atoms with Crippen molar-refractivity contribution >= 4 is 5.69 Å². The highest BCUT2D eigenvalue weighted by atomic mass is 15.3. The second-order valence-electron chi connectivity index (χ2n) is 7.00. The zero-order valence-corrected chi connectivity index (χ0v) is 15.4. The average molecular weight is 346 g/mol. The number of hydrogen-bond donors (Lipinski definition) is 0. The zero-order valence-electron chi connectivity index (χ0n) is 15.4. The Labute approximate surface area is 155 Å². The summed E-state index contributed by atoms with van der Waals surface area (Å²) in [5.74, 6) is 0. The fraction of sp³-hybridized carbons (Fsp3) is 0.318. The Bertz CT molecular complexity index is 815. The van der Waals surface area contributed by atoms with Crippen LogP contribution in [0, 0.1) is 6.92 Å². The van der Waals surface area contributed by atoms with Crippen molar-refractivity contribution in [2.75, 3.05) is 37.6 Å². The number of aryl methyl sites for hydroxylation is 1. The van der Waals surface area contributed by atoms with Crippen LogP contribution < -0.4 is 4.90 Å². The van der Waals surface area contributed by atoms with E-state index in [0.29, 0.717) is 0 Å². The molecular formula is C22H26N4. The minimum atomic E-state index is 1.04. The normalized spacial score (nSPS) is 15.3. The third kappa shape index (κ3) is 3.97. The van der Waals surface area contributed by atoms with Crippen molar-refractivity contribution in [2.24, 2.45) is 0 Å². The summed E-state index contributed by atoms with van der Waals surface area (Å²) in [6, 6.07) is 19.6. The summed E-state index contributed by atoms with van der Waals surface area (Å²) in [6.07, 6.45) is 5.07. The predicted molar refractivity (Wildman–Crippen MR) is 107 cm³/mol. The number of benzene rings is 2. The number of piperazine rings is 1. The molecule has 0 radical (unpaired) electrons. The first-order chi connectivity index (χ1) is 12.8. The van der Waals surface area contributed by atoms with Crippen LogP contribution in [0.5, 0.6) is 0 Å². The van der Waals surface area contributed by atoms with Gasteiger partial charge in [-0.05, 0) is 43.2 Å². The van der Waals surface area contributed by atoms with Crippen molar-refractivity contribution in [3.8, 4) is 5.69 Å². The number of hydrogen-bond acceptors (Lipinski definition) is 3. The number of anilines is 1. The molecule has 0 spiro atoms. The SMILES string of the molecule is Cc1cn(-c2ccc(N3CCN(CCc4ccccc4)CC3)cc2)cn1. The van der Waals surface area contributed by atoms with Gasteiger partial charge in [0.15, 0.2) is 0 Å². The van der Waals surface area contributed by atoms with Gasteiger partial charge in [0, 0.05) is 50.3 Å². The molecule has 0 atom stereocenters. The van der Waals surface area contributed by atoms with Crippen LogP contribution in [0.25, 0.3) is 5.69 Å². The Hall–Kier alpha value is -2.59. The van der Waals surface area contributed by atoms with Crippen LogP contribution in [0.15, 0.2) is 67.1 Å². The van der Waals surface area contributed by atoms with Gasteiger partial charge in [0.1, 0.15) is 0 Å². The standard InChI is InChI=1S/C22H26N4/c1-19-17-26(18-23-19)22-9-7-21(8-10-22)25-15-13-24(14-16-25)12-11-20-5-3-2-4-6-20/h2-10,17-18H,11-16H2,1H3. The lowest BCUT2D eigenvalue weighted by molar-refractivity contribution is 0.261. The molecule has 0 N–H and O–H groups in total. The minimum absolute atomic E-state index is 1.04. The Kier molecular flexibility index (Phi) is 5.02. The van der Waals surface area contributed by atoms with Gasteiger partial charge in [0.25, 0.3) is 0 Å². The molecule has 2 heterocycles. The van der Waals surface area contributed by atoms with Crippen LogP contribution in [0.2, 0.25) is 0 Å². The molecule has 3 aromatic rings. The Morgan fingerprint density at radius 1 is 0.846 bits per heavy atom. The van der Waals surface area contributed by atoms with E-state index in [1.165, 1.54) is 11.3 Å². The van der Waals surface area contributed by atoms with Crippen molar-refractivity contribution in [1.82, 2.24) is 14.5 Å². The van der Waals surface area contributed by atoms with Crippen molar-refractivity contribution < 1.29 is 0 Å². The van der Waals surface area contributed by atoms with E-state index in [9.17, 15) is 0 Å². The summed E-state index contributed by atoms with van der Waals surface area (Å²) in [5.41, 5.74) is 4.95. The molecule has 1 aliphatic heterocycles. The van der Waals surface area contributed by atoms with Gasteiger partial charge in [-0.3, -0.25) is 4.90 Å². The van der Waals surface area contributed by atoms with Gasteiger partial charge in [0.05, 0.1) is 12.0 Å². The molecule has 0 saturated carbocycles. The molecule has 134 valence electrons. The molecule has 0 amide bonds. The maximum absolute atomic E-state index is 4.30. The lowest BCUT2D eigenvalue weighted by atomic mass is 10.1. The molecular weight excluding hydrogens is 320 g/mol. The van der Waals surface area contributed by atoms with Crippen LogP contribution in [-0.2, 0) is 6.42 Å². The number of nitrogens with zero attached hydrogens (tertiary/aromatic N) is 4. The van der Waals surface area contributed by atoms with Crippen molar-refractivity contribution in [3.05, 3.63) is 78.4 Å². The molecule has 1 aromatic heterocycles. The van der Waals surface area contributed by atoms with E-state index in [1.807, 2.05) is 13.3 Å². The lowest BCUT2D eigenvalue weighted by Gasteiger charge is -2.36. The van der Waals surface area contributed by atoms with Crippen LogP contribution >= 0.6 is 0 Å². The van der Waals surface area contributed by atoms with E-state index in [4.69, 9.17) is 0 Å². The predicted octanol–water partition coefficient (Wildman–Crippen LogP) is 3.55. The summed E-state index contributed by atoms with van der Waals surface area (Å²) < 4.78 is 2.07. The summed E-state index contributed by atoms with van der Waals surface area (Å²) >= 11 is 0. The molecule has 2 aromatic carbocycles. The number of rotatable bonds is 5. The maximum Gasteiger partial charge on any atom is 0.0995 e. The highest BCUT2D eigenvalue weighted by Crippen LogP contribution is 2.19. The molecule has 0 bridgehead atoms. The van der Waals surface area contributed by atoms with Gasteiger partial charge in [-0.25, -0.2) is 4.98 Å². The van der Waals surface area contributed by atoms with Crippen LogP contribution in [0.4, 0.5) is 5.69 Å². The highest BCUT2D eigenvalue weighted by Gasteiger charge is 2.17. The summed E-state index contributed by atoms with van der Waals surface area (Å²) in [5, 5.41) is 0. The van der Waals surface area contributed by atoms with Gasteiger partial charge < -0.3 is 9.47 Å². The monoisotopic (exact) mass is 346 g/mol. The second-order valence-corrected chi connectivity index (χ2v) is 7.00. The lowest BCUT2D eigenvalue weighted by Crippen LogP contribution is -2.47. The quantitative estimate of drug-likeness (QED) is 0.706. The zero-order chi connectivity index (χ0) is 17.8. The first kappa shape index (κ1) is 16.9. The fourth-order valence-corrected chi connectivity index (χ4v) is 3.56. The fourth-order valence-electron chi connectivity index (χ4n) is 3.56. The topological polar surface area (TPSA) is 24.3 Å². The van der Waals surface area contributed by atoms with E-state index in [-0.39, 0.29) is 0 Å². The molecule has 0 unspecified atom stereocenters. The van der Waals surface area contributed by atoms with Gasteiger partial charge in [0.2, 0.25) is 0 Å². The van der Waals surface area contributed by atoms with Gasteiger partial charge in [-0.15, -0.1) is 0 Å². The van der Waals surface area contributed by atoms with Crippen molar-refractivity contribution in [1.29, 1.82) is 0 Å². The molecule has 4 heteroatoms.